The third-order valence-electron chi connectivity index (χ3n) is 5.07. The summed E-state index contributed by atoms with van der Waals surface area (Å²) in [5.41, 5.74) is 0.797. The molecule has 0 bridgehead atoms. The second-order valence-electron chi connectivity index (χ2n) is 7.63. The summed E-state index contributed by atoms with van der Waals surface area (Å²) in [5, 5.41) is 4.01. The highest BCUT2D eigenvalue weighted by Crippen LogP contribution is 2.21. The average Bonchev–Trinajstić information content (AvgIpc) is 3.30. The highest BCUT2D eigenvalue weighted by atomic mass is 19.1. The molecule has 162 valence electrons. The minimum Gasteiger partial charge on any atom is -0.484 e. The molecule has 0 aliphatic carbocycles. The van der Waals surface area contributed by atoms with Crippen molar-refractivity contribution in [2.75, 3.05) is 37.7 Å². The summed E-state index contributed by atoms with van der Waals surface area (Å²) in [6.07, 6.45) is 1.73. The third-order valence-corrected chi connectivity index (χ3v) is 5.07. The quantitative estimate of drug-likeness (QED) is 0.600. The van der Waals surface area contributed by atoms with E-state index in [1.165, 1.54) is 24.3 Å². The lowest BCUT2D eigenvalue weighted by molar-refractivity contribution is -0.133. The van der Waals surface area contributed by atoms with Crippen molar-refractivity contribution in [3.8, 4) is 17.1 Å². The predicted molar refractivity (Wildman–Crippen MR) is 112 cm³/mol. The van der Waals surface area contributed by atoms with Crippen molar-refractivity contribution in [2.45, 2.75) is 19.8 Å². The minimum absolute atomic E-state index is 0.0678. The summed E-state index contributed by atoms with van der Waals surface area (Å²) in [6.45, 7) is 6.44. The van der Waals surface area contributed by atoms with Crippen molar-refractivity contribution in [2.24, 2.45) is 0 Å². The zero-order chi connectivity index (χ0) is 21.8. The van der Waals surface area contributed by atoms with E-state index in [0.717, 1.165) is 11.4 Å². The van der Waals surface area contributed by atoms with E-state index in [1.54, 1.807) is 11.1 Å². The van der Waals surface area contributed by atoms with Gasteiger partial charge in [0.2, 0.25) is 11.7 Å². The molecule has 1 aromatic carbocycles. The highest BCUT2D eigenvalue weighted by Gasteiger charge is 2.22. The summed E-state index contributed by atoms with van der Waals surface area (Å²) < 4.78 is 23.6. The van der Waals surface area contributed by atoms with E-state index in [0.29, 0.717) is 43.6 Å². The molecule has 1 aliphatic rings. The Hall–Kier alpha value is -3.49. The van der Waals surface area contributed by atoms with Gasteiger partial charge in [-0.15, -0.1) is 0 Å². The van der Waals surface area contributed by atoms with Crippen molar-refractivity contribution in [1.82, 2.24) is 20.0 Å². The number of pyridine rings is 1. The molecule has 9 heteroatoms. The fourth-order valence-electron chi connectivity index (χ4n) is 3.24. The number of rotatable bonds is 6. The molecule has 0 spiro atoms. The fraction of sp³-hybridized carbons (Fsp3) is 0.364. The maximum atomic E-state index is 12.9. The Morgan fingerprint density at radius 2 is 1.87 bits per heavy atom. The number of hydrogen-bond acceptors (Lipinski definition) is 7. The van der Waals surface area contributed by atoms with Crippen LogP contribution in [-0.2, 0) is 4.79 Å². The summed E-state index contributed by atoms with van der Waals surface area (Å²) in [4.78, 5) is 25.2. The zero-order valence-corrected chi connectivity index (χ0v) is 17.5. The normalized spacial score (nSPS) is 14.2. The van der Waals surface area contributed by atoms with Gasteiger partial charge in [-0.25, -0.2) is 9.37 Å². The number of carbonyl (C=O) groups excluding carboxylic acids is 1. The fourth-order valence-corrected chi connectivity index (χ4v) is 3.24. The van der Waals surface area contributed by atoms with Crippen LogP contribution in [0, 0.1) is 5.82 Å². The van der Waals surface area contributed by atoms with Crippen molar-refractivity contribution in [3.05, 3.63) is 54.3 Å². The number of aromatic nitrogens is 3. The molecule has 3 heterocycles. The molecule has 0 atom stereocenters. The Morgan fingerprint density at radius 3 is 2.48 bits per heavy atom. The second kappa shape index (κ2) is 9.11. The smallest absolute Gasteiger partial charge is 0.260 e. The van der Waals surface area contributed by atoms with E-state index in [9.17, 15) is 9.18 Å². The van der Waals surface area contributed by atoms with Gasteiger partial charge in [0.25, 0.3) is 5.91 Å². The Morgan fingerprint density at radius 1 is 1.13 bits per heavy atom. The first kappa shape index (κ1) is 20.8. The van der Waals surface area contributed by atoms with Gasteiger partial charge in [-0.1, -0.05) is 19.0 Å². The molecule has 1 saturated heterocycles. The average molecular weight is 425 g/mol. The predicted octanol–water partition coefficient (Wildman–Crippen LogP) is 3.12. The lowest BCUT2D eigenvalue weighted by Crippen LogP contribution is -2.50. The molecule has 4 rings (SSSR count). The minimum atomic E-state index is -0.339. The largest absolute Gasteiger partial charge is 0.484 e. The van der Waals surface area contributed by atoms with E-state index >= 15 is 0 Å². The molecule has 1 aliphatic heterocycles. The number of benzene rings is 1. The number of nitrogens with zero attached hydrogens (tertiary/aromatic N) is 5. The van der Waals surface area contributed by atoms with Crippen LogP contribution in [0.15, 0.2) is 47.1 Å². The maximum absolute atomic E-state index is 12.9. The van der Waals surface area contributed by atoms with Crippen molar-refractivity contribution in [3.63, 3.8) is 0 Å². The zero-order valence-electron chi connectivity index (χ0n) is 17.5. The first-order valence-corrected chi connectivity index (χ1v) is 10.2. The number of anilines is 1. The van der Waals surface area contributed by atoms with Crippen molar-refractivity contribution >= 4 is 11.7 Å². The number of carbonyl (C=O) groups is 1. The van der Waals surface area contributed by atoms with Gasteiger partial charge >= 0.3 is 0 Å². The van der Waals surface area contributed by atoms with Crippen LogP contribution in [0.3, 0.4) is 0 Å². The first-order chi connectivity index (χ1) is 15.0. The molecule has 0 N–H and O–H groups in total. The topological polar surface area (TPSA) is 84.6 Å². The molecule has 3 aromatic rings. The molecule has 1 fully saturated rings. The molecule has 0 saturated carbocycles. The molecule has 1 amide bonds. The molecule has 0 unspecified atom stereocenters. The standard InChI is InChI=1S/C22H24FN5O3/c1-15(2)22-25-21(26-31-22)16-3-8-19(24-13-16)27-9-11-28(12-10-27)20(29)14-30-18-6-4-17(23)5-7-18/h3-8,13,15H,9-12,14H2,1-2H3. The van der Waals surface area contributed by atoms with Crippen LogP contribution in [0.4, 0.5) is 10.2 Å². The van der Waals surface area contributed by atoms with Crippen LogP contribution in [-0.4, -0.2) is 58.7 Å². The van der Waals surface area contributed by atoms with E-state index in [4.69, 9.17) is 9.26 Å². The second-order valence-corrected chi connectivity index (χ2v) is 7.63. The van der Waals surface area contributed by atoms with Gasteiger partial charge in [-0.05, 0) is 36.4 Å². The summed E-state index contributed by atoms with van der Waals surface area (Å²) in [7, 11) is 0. The molecule has 2 aromatic heterocycles. The lowest BCUT2D eigenvalue weighted by Gasteiger charge is -2.35. The van der Waals surface area contributed by atoms with Gasteiger partial charge in [-0.2, -0.15) is 4.98 Å². The van der Waals surface area contributed by atoms with Gasteiger partial charge in [0.05, 0.1) is 0 Å². The first-order valence-electron chi connectivity index (χ1n) is 10.2. The lowest BCUT2D eigenvalue weighted by atomic mass is 10.2. The Kier molecular flexibility index (Phi) is 6.11. The SMILES string of the molecule is CC(C)c1nc(-c2ccc(N3CCN(C(=O)COc4ccc(F)cc4)CC3)nc2)no1. The van der Waals surface area contributed by atoms with Crippen LogP contribution in [0.1, 0.15) is 25.7 Å². The Bertz CT molecular complexity index is 1010. The number of ether oxygens (including phenoxy) is 1. The monoisotopic (exact) mass is 425 g/mol. The van der Waals surface area contributed by atoms with Crippen LogP contribution in [0.2, 0.25) is 0 Å². The summed E-state index contributed by atoms with van der Waals surface area (Å²) in [6, 6.07) is 9.47. The summed E-state index contributed by atoms with van der Waals surface area (Å²) >= 11 is 0. The van der Waals surface area contributed by atoms with Crippen molar-refractivity contribution in [1.29, 1.82) is 0 Å². The Balaban J connectivity index is 1.28. The molecule has 0 radical (unpaired) electrons. The van der Waals surface area contributed by atoms with Gasteiger partial charge in [-0.3, -0.25) is 4.79 Å². The van der Waals surface area contributed by atoms with E-state index in [1.807, 2.05) is 26.0 Å². The van der Waals surface area contributed by atoms with E-state index < -0.39 is 0 Å². The van der Waals surface area contributed by atoms with Gasteiger partial charge in [0.1, 0.15) is 17.4 Å². The van der Waals surface area contributed by atoms with Crippen LogP contribution < -0.4 is 9.64 Å². The van der Waals surface area contributed by atoms with E-state index in [2.05, 4.69) is 20.0 Å². The van der Waals surface area contributed by atoms with Crippen LogP contribution in [0.5, 0.6) is 5.75 Å². The van der Waals surface area contributed by atoms with Gasteiger partial charge < -0.3 is 19.1 Å². The van der Waals surface area contributed by atoms with Crippen molar-refractivity contribution < 1.29 is 18.4 Å². The number of halogens is 1. The Labute approximate surface area is 179 Å². The highest BCUT2D eigenvalue weighted by molar-refractivity contribution is 5.78. The molecule has 31 heavy (non-hydrogen) atoms. The maximum Gasteiger partial charge on any atom is 0.260 e. The van der Waals surface area contributed by atoms with Crippen LogP contribution in [0.25, 0.3) is 11.4 Å². The van der Waals surface area contributed by atoms with Crippen LogP contribution >= 0.6 is 0 Å². The van der Waals surface area contributed by atoms with E-state index in [-0.39, 0.29) is 24.2 Å². The molecule has 8 nitrogen and oxygen atoms in total. The number of amides is 1. The molecular formula is C22H24FN5O3. The molecular weight excluding hydrogens is 401 g/mol. The number of hydrogen-bond donors (Lipinski definition) is 0. The third kappa shape index (κ3) is 4.99. The van der Waals surface area contributed by atoms with Gasteiger partial charge in [0, 0.05) is 43.9 Å². The number of piperazine rings is 1. The summed E-state index contributed by atoms with van der Waals surface area (Å²) in [5.74, 6) is 2.18. The van der Waals surface area contributed by atoms with Gasteiger partial charge in [0.15, 0.2) is 6.61 Å².